The van der Waals surface area contributed by atoms with E-state index in [1.54, 1.807) is 24.3 Å². The van der Waals surface area contributed by atoms with Crippen molar-refractivity contribution in [2.45, 2.75) is 19.1 Å². The van der Waals surface area contributed by atoms with E-state index in [0.29, 0.717) is 5.56 Å². The molecule has 1 aliphatic heterocycles. The van der Waals surface area contributed by atoms with E-state index < -0.39 is 30.1 Å². The monoisotopic (exact) mass is 248 g/mol. The van der Waals surface area contributed by atoms with E-state index in [1.807, 2.05) is 6.07 Å². The van der Waals surface area contributed by atoms with Crippen LogP contribution in [0, 0.1) is 0 Å². The Morgan fingerprint density at radius 3 is 2.50 bits per heavy atom. The molecular formula is C12H12N2O4. The molecule has 1 saturated heterocycles. The van der Waals surface area contributed by atoms with Gasteiger partial charge in [0.25, 0.3) is 5.91 Å². The summed E-state index contributed by atoms with van der Waals surface area (Å²) < 4.78 is 4.95. The molecule has 94 valence electrons. The van der Waals surface area contributed by atoms with E-state index in [1.165, 1.54) is 6.92 Å². The van der Waals surface area contributed by atoms with E-state index in [0.717, 1.165) is 0 Å². The SMILES string of the molecule is CC(=O)O[C@@H]1C(=O)NC(=O)N[C@@H]1c1ccccc1. The Morgan fingerprint density at radius 2 is 1.89 bits per heavy atom. The number of rotatable bonds is 2. The van der Waals surface area contributed by atoms with Crippen LogP contribution in [0.1, 0.15) is 18.5 Å². The van der Waals surface area contributed by atoms with Crippen LogP contribution in [0.15, 0.2) is 30.3 Å². The maximum absolute atomic E-state index is 11.7. The number of ether oxygens (including phenoxy) is 1. The normalized spacial score (nSPS) is 22.9. The van der Waals surface area contributed by atoms with Crippen LogP contribution < -0.4 is 10.6 Å². The Bertz CT molecular complexity index is 486. The highest BCUT2D eigenvalue weighted by molar-refractivity contribution is 6.00. The van der Waals surface area contributed by atoms with E-state index in [-0.39, 0.29) is 0 Å². The molecule has 1 aromatic rings. The van der Waals surface area contributed by atoms with Crippen molar-refractivity contribution in [3.05, 3.63) is 35.9 Å². The van der Waals surface area contributed by atoms with Crippen LogP contribution >= 0.6 is 0 Å². The molecule has 6 heteroatoms. The molecule has 0 unspecified atom stereocenters. The van der Waals surface area contributed by atoms with Gasteiger partial charge in [0.05, 0.1) is 0 Å². The second-order valence-corrected chi connectivity index (χ2v) is 3.88. The number of nitrogens with one attached hydrogen (secondary N) is 2. The number of imide groups is 1. The van der Waals surface area contributed by atoms with Crippen molar-refractivity contribution >= 4 is 17.9 Å². The fourth-order valence-corrected chi connectivity index (χ4v) is 1.81. The Morgan fingerprint density at radius 1 is 1.22 bits per heavy atom. The molecule has 1 fully saturated rings. The van der Waals surface area contributed by atoms with Gasteiger partial charge in [-0.15, -0.1) is 0 Å². The number of hydrogen-bond donors (Lipinski definition) is 2. The van der Waals surface area contributed by atoms with E-state index in [4.69, 9.17) is 4.74 Å². The van der Waals surface area contributed by atoms with Crippen molar-refractivity contribution in [1.29, 1.82) is 0 Å². The summed E-state index contributed by atoms with van der Waals surface area (Å²) in [7, 11) is 0. The van der Waals surface area contributed by atoms with Crippen LogP contribution in [0.2, 0.25) is 0 Å². The molecule has 0 bridgehead atoms. The summed E-state index contributed by atoms with van der Waals surface area (Å²) in [6, 6.07) is 7.60. The number of carbonyl (C=O) groups is 3. The minimum atomic E-state index is -1.05. The Labute approximate surface area is 103 Å². The number of amides is 3. The van der Waals surface area contributed by atoms with Crippen molar-refractivity contribution in [2.24, 2.45) is 0 Å². The van der Waals surface area contributed by atoms with Crippen molar-refractivity contribution in [3.8, 4) is 0 Å². The lowest BCUT2D eigenvalue weighted by Gasteiger charge is -2.30. The van der Waals surface area contributed by atoms with Gasteiger partial charge in [-0.25, -0.2) is 4.79 Å². The predicted octanol–water partition coefficient (Wildman–Crippen LogP) is 0.499. The zero-order chi connectivity index (χ0) is 13.1. The average Bonchev–Trinajstić information content (AvgIpc) is 2.33. The summed E-state index contributed by atoms with van der Waals surface area (Å²) in [6.07, 6.45) is -1.05. The molecule has 0 aliphatic carbocycles. The minimum Gasteiger partial charge on any atom is -0.450 e. The fraction of sp³-hybridized carbons (Fsp3) is 0.250. The van der Waals surface area contributed by atoms with Gasteiger partial charge in [-0.3, -0.25) is 14.9 Å². The van der Waals surface area contributed by atoms with Gasteiger partial charge >= 0.3 is 12.0 Å². The van der Waals surface area contributed by atoms with Gasteiger partial charge in [0.15, 0.2) is 0 Å². The van der Waals surface area contributed by atoms with Crippen LogP contribution in [0.4, 0.5) is 4.79 Å². The Kier molecular flexibility index (Phi) is 3.27. The summed E-state index contributed by atoms with van der Waals surface area (Å²) in [4.78, 5) is 34.0. The van der Waals surface area contributed by atoms with Gasteiger partial charge < -0.3 is 10.1 Å². The summed E-state index contributed by atoms with van der Waals surface area (Å²) in [5.74, 6) is -1.20. The first-order valence-corrected chi connectivity index (χ1v) is 5.41. The number of carbonyl (C=O) groups excluding carboxylic acids is 3. The highest BCUT2D eigenvalue weighted by Gasteiger charge is 2.38. The molecule has 3 amide bonds. The molecule has 2 N–H and O–H groups in total. The molecule has 1 aliphatic rings. The number of benzene rings is 1. The third kappa shape index (κ3) is 2.48. The van der Waals surface area contributed by atoms with Crippen molar-refractivity contribution in [1.82, 2.24) is 10.6 Å². The standard InChI is InChI=1S/C12H12N2O4/c1-7(15)18-10-9(8-5-3-2-4-6-8)13-12(17)14-11(10)16/h2-6,9-10H,1H3,(H2,13,14,16,17)/t9-,10+/m1/s1. The first kappa shape index (κ1) is 12.1. The van der Waals surface area contributed by atoms with Gasteiger partial charge in [0, 0.05) is 6.92 Å². The third-order valence-corrected chi connectivity index (χ3v) is 2.54. The molecule has 18 heavy (non-hydrogen) atoms. The molecular weight excluding hydrogens is 236 g/mol. The van der Waals surface area contributed by atoms with E-state index in [2.05, 4.69) is 10.6 Å². The summed E-state index contributed by atoms with van der Waals surface area (Å²) >= 11 is 0. The van der Waals surface area contributed by atoms with E-state index >= 15 is 0 Å². The Hall–Kier alpha value is -2.37. The average molecular weight is 248 g/mol. The zero-order valence-electron chi connectivity index (χ0n) is 9.67. The van der Waals surface area contributed by atoms with Crippen molar-refractivity contribution in [3.63, 3.8) is 0 Å². The maximum Gasteiger partial charge on any atom is 0.322 e. The second kappa shape index (κ2) is 4.87. The minimum absolute atomic E-state index is 0.577. The molecule has 2 atom stereocenters. The number of hydrogen-bond acceptors (Lipinski definition) is 4. The molecule has 0 spiro atoms. The fourth-order valence-electron chi connectivity index (χ4n) is 1.81. The maximum atomic E-state index is 11.7. The molecule has 0 radical (unpaired) electrons. The van der Waals surface area contributed by atoms with Crippen LogP contribution in [-0.2, 0) is 14.3 Å². The molecule has 0 saturated carbocycles. The number of urea groups is 1. The quantitative estimate of drug-likeness (QED) is 0.746. The molecule has 0 aromatic heterocycles. The summed E-state index contributed by atoms with van der Waals surface area (Å²) in [5.41, 5.74) is 0.701. The van der Waals surface area contributed by atoms with Crippen molar-refractivity contribution < 1.29 is 19.1 Å². The Balaban J connectivity index is 2.30. The lowest BCUT2D eigenvalue weighted by Crippen LogP contribution is -2.57. The highest BCUT2D eigenvalue weighted by Crippen LogP contribution is 2.22. The predicted molar refractivity (Wildman–Crippen MR) is 61.4 cm³/mol. The second-order valence-electron chi connectivity index (χ2n) is 3.88. The van der Waals surface area contributed by atoms with Crippen LogP contribution in [0.5, 0.6) is 0 Å². The lowest BCUT2D eigenvalue weighted by molar-refractivity contribution is -0.156. The van der Waals surface area contributed by atoms with Crippen LogP contribution in [0.25, 0.3) is 0 Å². The van der Waals surface area contributed by atoms with E-state index in [9.17, 15) is 14.4 Å². The lowest BCUT2D eigenvalue weighted by atomic mass is 9.99. The van der Waals surface area contributed by atoms with Gasteiger partial charge in [-0.2, -0.15) is 0 Å². The number of esters is 1. The largest absolute Gasteiger partial charge is 0.450 e. The zero-order valence-corrected chi connectivity index (χ0v) is 9.67. The first-order chi connectivity index (χ1) is 8.58. The third-order valence-electron chi connectivity index (χ3n) is 2.54. The van der Waals surface area contributed by atoms with Gasteiger partial charge in [-0.1, -0.05) is 30.3 Å². The summed E-state index contributed by atoms with van der Waals surface area (Å²) in [6.45, 7) is 1.21. The van der Waals surface area contributed by atoms with Gasteiger partial charge in [-0.05, 0) is 5.56 Å². The molecule has 1 aromatic carbocycles. The van der Waals surface area contributed by atoms with Crippen LogP contribution in [-0.4, -0.2) is 24.0 Å². The smallest absolute Gasteiger partial charge is 0.322 e. The summed E-state index contributed by atoms with van der Waals surface area (Å²) in [5, 5.41) is 4.64. The van der Waals surface area contributed by atoms with Gasteiger partial charge in [0.1, 0.15) is 6.04 Å². The topological polar surface area (TPSA) is 84.5 Å². The van der Waals surface area contributed by atoms with Gasteiger partial charge in [0.2, 0.25) is 6.10 Å². The first-order valence-electron chi connectivity index (χ1n) is 5.41. The van der Waals surface area contributed by atoms with Crippen molar-refractivity contribution in [2.75, 3.05) is 0 Å². The van der Waals surface area contributed by atoms with Crippen LogP contribution in [0.3, 0.4) is 0 Å². The molecule has 2 rings (SSSR count). The molecule has 6 nitrogen and oxygen atoms in total. The molecule has 1 heterocycles. The highest BCUT2D eigenvalue weighted by atomic mass is 16.5.